The van der Waals surface area contributed by atoms with Gasteiger partial charge in [-0.05, 0) is 18.6 Å². The number of carbonyl (C=O) groups is 1. The topological polar surface area (TPSA) is 52.3 Å². The number of methoxy groups -OCH3 is 1. The van der Waals surface area contributed by atoms with Crippen LogP contribution in [0.25, 0.3) is 0 Å². The van der Waals surface area contributed by atoms with Crippen molar-refractivity contribution in [3.8, 4) is 0 Å². The molecule has 1 aromatic heterocycles. The van der Waals surface area contributed by atoms with Crippen LogP contribution in [0.2, 0.25) is 10.0 Å². The summed E-state index contributed by atoms with van der Waals surface area (Å²) in [5.41, 5.74) is 0.941. The van der Waals surface area contributed by atoms with Crippen LogP contribution in [-0.2, 0) is 16.9 Å². The monoisotopic (exact) mass is 359 g/mol. The van der Waals surface area contributed by atoms with E-state index in [1.807, 2.05) is 6.92 Å². The summed E-state index contributed by atoms with van der Waals surface area (Å²) < 4.78 is 10.1. The number of halogens is 2. The number of carbonyl (C=O) groups excluding carboxylic acids is 1. The average molecular weight is 360 g/mol. The van der Waals surface area contributed by atoms with Crippen molar-refractivity contribution in [3.05, 3.63) is 45.3 Å². The van der Waals surface area contributed by atoms with Crippen LogP contribution >= 0.6 is 35.0 Å². The van der Waals surface area contributed by atoms with Gasteiger partial charge in [0.05, 0.1) is 17.2 Å². The highest BCUT2D eigenvalue weighted by atomic mass is 35.5. The number of benzene rings is 1. The minimum Gasteiger partial charge on any atom is -0.465 e. The van der Waals surface area contributed by atoms with E-state index in [2.05, 4.69) is 5.16 Å². The summed E-state index contributed by atoms with van der Waals surface area (Å²) in [6, 6.07) is 5.31. The number of hydrogen-bond acceptors (Lipinski definition) is 5. The molecule has 0 aliphatic carbocycles. The van der Waals surface area contributed by atoms with Crippen molar-refractivity contribution < 1.29 is 14.1 Å². The first-order valence-electron chi connectivity index (χ1n) is 6.71. The fraction of sp³-hybridized carbons (Fsp3) is 0.333. The lowest BCUT2D eigenvalue weighted by molar-refractivity contribution is 0.0597. The van der Waals surface area contributed by atoms with Crippen LogP contribution in [-0.4, -0.2) is 18.2 Å². The molecule has 0 spiro atoms. The minimum atomic E-state index is -0.439. The van der Waals surface area contributed by atoms with Crippen molar-refractivity contribution >= 4 is 40.9 Å². The maximum atomic E-state index is 12.0. The van der Waals surface area contributed by atoms with E-state index < -0.39 is 5.97 Å². The van der Waals surface area contributed by atoms with E-state index >= 15 is 0 Å². The molecule has 0 aliphatic rings. The van der Waals surface area contributed by atoms with Crippen LogP contribution < -0.4 is 0 Å². The zero-order valence-corrected chi connectivity index (χ0v) is 14.5. The number of esters is 1. The Bertz CT molecular complexity index is 653. The van der Waals surface area contributed by atoms with Gasteiger partial charge in [0.2, 0.25) is 0 Å². The molecule has 1 heterocycles. The summed E-state index contributed by atoms with van der Waals surface area (Å²) in [7, 11) is 1.34. The summed E-state index contributed by atoms with van der Waals surface area (Å²) in [5, 5.41) is 5.12. The first-order chi connectivity index (χ1) is 10.6. The van der Waals surface area contributed by atoms with Gasteiger partial charge in [-0.3, -0.25) is 0 Å². The van der Waals surface area contributed by atoms with Crippen molar-refractivity contribution in [2.24, 2.45) is 0 Å². The Morgan fingerprint density at radius 3 is 2.64 bits per heavy atom. The van der Waals surface area contributed by atoms with Crippen LogP contribution in [0.15, 0.2) is 27.6 Å². The first-order valence-corrected chi connectivity index (χ1v) is 8.45. The van der Waals surface area contributed by atoms with Crippen LogP contribution in [0.4, 0.5) is 0 Å². The number of aryl methyl sites for hydroxylation is 1. The molecule has 0 atom stereocenters. The maximum absolute atomic E-state index is 12.0. The Morgan fingerprint density at radius 1 is 1.36 bits per heavy atom. The molecule has 0 unspecified atom stereocenters. The van der Waals surface area contributed by atoms with E-state index in [0.717, 1.165) is 11.3 Å². The van der Waals surface area contributed by atoms with Crippen molar-refractivity contribution in [1.29, 1.82) is 0 Å². The minimum absolute atomic E-state index is 0.403. The molecule has 1 aromatic carbocycles. The van der Waals surface area contributed by atoms with Gasteiger partial charge in [-0.15, -0.1) is 11.8 Å². The van der Waals surface area contributed by atoms with Gasteiger partial charge in [-0.1, -0.05) is 41.3 Å². The second-order valence-electron chi connectivity index (χ2n) is 4.51. The Morgan fingerprint density at radius 2 is 2.05 bits per heavy atom. The Kier molecular flexibility index (Phi) is 6.17. The molecule has 0 amide bonds. The van der Waals surface area contributed by atoms with E-state index in [1.54, 1.807) is 18.2 Å². The molecule has 22 heavy (non-hydrogen) atoms. The Balaban J connectivity index is 2.24. The molecular weight excluding hydrogens is 345 g/mol. The SMILES string of the molecule is CCCc1onc(CSc2c(Cl)cccc2Cl)c1C(=O)OC. The molecule has 0 saturated heterocycles. The highest BCUT2D eigenvalue weighted by Gasteiger charge is 2.23. The quantitative estimate of drug-likeness (QED) is 0.535. The molecule has 2 aromatic rings. The van der Waals surface area contributed by atoms with E-state index in [0.29, 0.717) is 39.2 Å². The van der Waals surface area contributed by atoms with Crippen molar-refractivity contribution in [2.45, 2.75) is 30.4 Å². The summed E-state index contributed by atoms with van der Waals surface area (Å²) in [6.45, 7) is 2.00. The van der Waals surface area contributed by atoms with Crippen LogP contribution in [0.3, 0.4) is 0 Å². The molecule has 0 aliphatic heterocycles. The Labute approximate surface area is 143 Å². The number of ether oxygens (including phenoxy) is 1. The molecule has 118 valence electrons. The predicted molar refractivity (Wildman–Crippen MR) is 87.9 cm³/mol. The molecule has 0 saturated carbocycles. The largest absolute Gasteiger partial charge is 0.465 e. The van der Waals surface area contributed by atoms with Gasteiger partial charge >= 0.3 is 5.97 Å². The lowest BCUT2D eigenvalue weighted by Crippen LogP contribution is -2.06. The number of rotatable bonds is 6. The smallest absolute Gasteiger partial charge is 0.343 e. The number of aromatic nitrogens is 1. The molecule has 7 heteroatoms. The molecule has 2 rings (SSSR count). The lowest BCUT2D eigenvalue weighted by atomic mass is 10.1. The van der Waals surface area contributed by atoms with Crippen molar-refractivity contribution in [2.75, 3.05) is 7.11 Å². The van der Waals surface area contributed by atoms with Crippen molar-refractivity contribution in [1.82, 2.24) is 5.16 Å². The van der Waals surface area contributed by atoms with Gasteiger partial charge in [0.15, 0.2) is 5.76 Å². The zero-order chi connectivity index (χ0) is 16.1. The Hall–Kier alpha value is -1.17. The van der Waals surface area contributed by atoms with Gasteiger partial charge in [0.1, 0.15) is 11.3 Å². The second-order valence-corrected chi connectivity index (χ2v) is 6.31. The van der Waals surface area contributed by atoms with E-state index in [1.165, 1.54) is 18.9 Å². The third-order valence-corrected chi connectivity index (χ3v) is 4.97. The fourth-order valence-electron chi connectivity index (χ4n) is 1.95. The van der Waals surface area contributed by atoms with Gasteiger partial charge in [-0.25, -0.2) is 4.79 Å². The molecule has 4 nitrogen and oxygen atoms in total. The van der Waals surface area contributed by atoms with Crippen molar-refractivity contribution in [3.63, 3.8) is 0 Å². The van der Waals surface area contributed by atoms with Gasteiger partial charge in [-0.2, -0.15) is 0 Å². The third-order valence-electron chi connectivity index (χ3n) is 2.97. The lowest BCUT2D eigenvalue weighted by Gasteiger charge is -2.06. The summed E-state index contributed by atoms with van der Waals surface area (Å²) >= 11 is 13.7. The molecular formula is C15H15Cl2NO3S. The van der Waals surface area contributed by atoms with Gasteiger partial charge in [0, 0.05) is 17.1 Å². The fourth-order valence-corrected chi connectivity index (χ4v) is 3.57. The van der Waals surface area contributed by atoms with Gasteiger partial charge in [0.25, 0.3) is 0 Å². The van der Waals surface area contributed by atoms with Crippen LogP contribution in [0, 0.1) is 0 Å². The van der Waals surface area contributed by atoms with E-state index in [-0.39, 0.29) is 0 Å². The van der Waals surface area contributed by atoms with Gasteiger partial charge < -0.3 is 9.26 Å². The zero-order valence-electron chi connectivity index (χ0n) is 12.2. The molecule has 0 fully saturated rings. The molecule has 0 bridgehead atoms. The third kappa shape index (κ3) is 3.77. The standard InChI is InChI=1S/C15H15Cl2NO3S/c1-3-5-12-13(15(19)20-2)11(18-21-12)8-22-14-9(16)6-4-7-10(14)17/h4,6-7H,3,5,8H2,1-2H3. The summed E-state index contributed by atoms with van der Waals surface area (Å²) in [4.78, 5) is 12.7. The number of nitrogens with zero attached hydrogens (tertiary/aromatic N) is 1. The maximum Gasteiger partial charge on any atom is 0.343 e. The summed E-state index contributed by atoms with van der Waals surface area (Å²) in [5.74, 6) is 0.530. The molecule has 0 radical (unpaired) electrons. The second kappa shape index (κ2) is 7.90. The normalized spacial score (nSPS) is 10.7. The van der Waals surface area contributed by atoms with E-state index in [4.69, 9.17) is 32.5 Å². The number of thioether (sulfide) groups is 1. The first kappa shape index (κ1) is 17.2. The summed E-state index contributed by atoms with van der Waals surface area (Å²) in [6.07, 6.45) is 1.48. The average Bonchev–Trinajstić information content (AvgIpc) is 2.89. The highest BCUT2D eigenvalue weighted by molar-refractivity contribution is 7.98. The van der Waals surface area contributed by atoms with E-state index in [9.17, 15) is 4.79 Å². The predicted octanol–water partition coefficient (Wildman–Crippen LogP) is 5.01. The van der Waals surface area contributed by atoms with Crippen LogP contribution in [0.5, 0.6) is 0 Å². The molecule has 0 N–H and O–H groups in total. The number of hydrogen-bond donors (Lipinski definition) is 0. The van der Waals surface area contributed by atoms with Crippen LogP contribution in [0.1, 0.15) is 35.2 Å². The highest BCUT2D eigenvalue weighted by Crippen LogP contribution is 2.36.